The van der Waals surface area contributed by atoms with Gasteiger partial charge in [-0.15, -0.1) is 0 Å². The van der Waals surface area contributed by atoms with Crippen molar-refractivity contribution in [3.63, 3.8) is 0 Å². The maximum Gasteiger partial charge on any atom is 0.224 e. The highest BCUT2D eigenvalue weighted by Gasteiger charge is 2.01. The Morgan fingerprint density at radius 3 is 2.44 bits per heavy atom. The van der Waals surface area contributed by atoms with E-state index in [1.807, 2.05) is 54.6 Å². The second-order valence-corrected chi connectivity index (χ2v) is 4.17. The molecule has 18 heavy (non-hydrogen) atoms. The maximum atomic E-state index is 11.7. The minimum atomic E-state index is 0.0729. The van der Waals surface area contributed by atoms with E-state index in [0.29, 0.717) is 13.0 Å². The maximum absolute atomic E-state index is 11.7. The first-order valence-corrected chi connectivity index (χ1v) is 6.10. The zero-order chi connectivity index (χ0) is 12.6. The lowest BCUT2D eigenvalue weighted by Gasteiger charge is -2.05. The van der Waals surface area contributed by atoms with Crippen molar-refractivity contribution in [2.75, 3.05) is 6.54 Å². The van der Waals surface area contributed by atoms with Gasteiger partial charge in [-0.25, -0.2) is 0 Å². The molecule has 0 saturated heterocycles. The van der Waals surface area contributed by atoms with Crippen LogP contribution < -0.4 is 5.32 Å². The van der Waals surface area contributed by atoms with Crippen molar-refractivity contribution in [1.29, 1.82) is 0 Å². The van der Waals surface area contributed by atoms with E-state index in [-0.39, 0.29) is 5.91 Å². The van der Waals surface area contributed by atoms with E-state index in [9.17, 15) is 4.79 Å². The van der Waals surface area contributed by atoms with Crippen molar-refractivity contribution in [3.8, 4) is 0 Å². The summed E-state index contributed by atoms with van der Waals surface area (Å²) in [5, 5.41) is 2.93. The topological polar surface area (TPSA) is 29.1 Å². The van der Waals surface area contributed by atoms with E-state index in [2.05, 4.69) is 11.4 Å². The molecule has 2 rings (SSSR count). The smallest absolute Gasteiger partial charge is 0.224 e. The minimum Gasteiger partial charge on any atom is -0.355 e. The number of carbonyl (C=O) groups is 1. The standard InChI is InChI=1S/C16H16NO/c18-16(13-15-9-5-2-6-10-15)17-12-11-14-7-3-1-4-8-14/h2-10H,11-13H2,(H,17,18). The van der Waals surface area contributed by atoms with Crippen molar-refractivity contribution in [2.45, 2.75) is 12.8 Å². The number of rotatable bonds is 5. The molecule has 0 aliphatic rings. The van der Waals surface area contributed by atoms with Gasteiger partial charge in [0.1, 0.15) is 0 Å². The lowest BCUT2D eigenvalue weighted by atomic mass is 10.1. The van der Waals surface area contributed by atoms with E-state index >= 15 is 0 Å². The molecule has 1 amide bonds. The third kappa shape index (κ3) is 4.06. The molecule has 1 radical (unpaired) electrons. The molecule has 0 aliphatic carbocycles. The average molecular weight is 238 g/mol. The monoisotopic (exact) mass is 238 g/mol. The highest BCUT2D eigenvalue weighted by molar-refractivity contribution is 5.78. The number of hydrogen-bond donors (Lipinski definition) is 1. The zero-order valence-corrected chi connectivity index (χ0v) is 10.2. The fraction of sp³-hybridized carbons (Fsp3) is 0.188. The first-order valence-electron chi connectivity index (χ1n) is 6.10. The third-order valence-corrected chi connectivity index (χ3v) is 2.73. The Morgan fingerprint density at radius 2 is 1.72 bits per heavy atom. The highest BCUT2D eigenvalue weighted by Crippen LogP contribution is 2.00. The predicted octanol–water partition coefficient (Wildman–Crippen LogP) is 2.39. The van der Waals surface area contributed by atoms with Crippen molar-refractivity contribution in [1.82, 2.24) is 5.32 Å². The van der Waals surface area contributed by atoms with Crippen molar-refractivity contribution in [2.24, 2.45) is 0 Å². The van der Waals surface area contributed by atoms with E-state index in [0.717, 1.165) is 12.0 Å². The fourth-order valence-corrected chi connectivity index (χ4v) is 1.78. The van der Waals surface area contributed by atoms with Crippen LogP contribution in [-0.2, 0) is 17.6 Å². The normalized spacial score (nSPS) is 10.0. The molecule has 2 aromatic carbocycles. The van der Waals surface area contributed by atoms with Crippen LogP contribution in [0.2, 0.25) is 0 Å². The fourth-order valence-electron chi connectivity index (χ4n) is 1.78. The van der Waals surface area contributed by atoms with Crippen molar-refractivity contribution < 1.29 is 4.79 Å². The molecular weight excluding hydrogens is 222 g/mol. The summed E-state index contributed by atoms with van der Waals surface area (Å²) < 4.78 is 0. The van der Waals surface area contributed by atoms with Gasteiger partial charge in [0.2, 0.25) is 5.91 Å². The molecule has 0 bridgehead atoms. The van der Waals surface area contributed by atoms with E-state index in [1.54, 1.807) is 0 Å². The first kappa shape index (κ1) is 12.4. The van der Waals surface area contributed by atoms with Crippen LogP contribution in [0.25, 0.3) is 0 Å². The van der Waals surface area contributed by atoms with Crippen LogP contribution in [0.3, 0.4) is 0 Å². The van der Waals surface area contributed by atoms with Crippen molar-refractivity contribution >= 4 is 5.91 Å². The van der Waals surface area contributed by atoms with Crippen molar-refractivity contribution in [3.05, 3.63) is 71.8 Å². The molecule has 2 aromatic rings. The molecule has 2 nitrogen and oxygen atoms in total. The second-order valence-electron chi connectivity index (χ2n) is 4.17. The summed E-state index contributed by atoms with van der Waals surface area (Å²) in [6, 6.07) is 20.6. The molecule has 0 unspecified atom stereocenters. The molecule has 0 atom stereocenters. The summed E-state index contributed by atoms with van der Waals surface area (Å²) in [6.45, 7) is 0.676. The molecule has 1 N–H and O–H groups in total. The Labute approximate surface area is 108 Å². The van der Waals surface area contributed by atoms with E-state index in [4.69, 9.17) is 0 Å². The molecule has 2 heteroatoms. The summed E-state index contributed by atoms with van der Waals surface area (Å²) >= 11 is 0. The lowest BCUT2D eigenvalue weighted by Crippen LogP contribution is -2.27. The van der Waals surface area contributed by atoms with Gasteiger partial charge in [-0.1, -0.05) is 54.6 Å². The molecule has 0 saturated carbocycles. The highest BCUT2D eigenvalue weighted by atomic mass is 16.1. The van der Waals surface area contributed by atoms with Gasteiger partial charge in [-0.2, -0.15) is 0 Å². The van der Waals surface area contributed by atoms with Crippen LogP contribution in [0.5, 0.6) is 0 Å². The summed E-state index contributed by atoms with van der Waals surface area (Å²) in [6.07, 6.45) is 1.30. The molecule has 0 aromatic heterocycles. The Bertz CT molecular complexity index is 479. The Kier molecular flexibility index (Phi) is 4.53. The summed E-state index contributed by atoms with van der Waals surface area (Å²) in [5.41, 5.74) is 2.26. The zero-order valence-electron chi connectivity index (χ0n) is 10.2. The number of hydrogen-bond acceptors (Lipinski definition) is 1. The largest absolute Gasteiger partial charge is 0.355 e. The molecular formula is C16H16NO. The molecule has 91 valence electrons. The third-order valence-electron chi connectivity index (χ3n) is 2.73. The first-order chi connectivity index (χ1) is 8.84. The van der Waals surface area contributed by atoms with Crippen LogP contribution in [0.15, 0.2) is 54.6 Å². The molecule has 0 fully saturated rings. The average Bonchev–Trinajstić information content (AvgIpc) is 2.41. The van der Waals surface area contributed by atoms with Gasteiger partial charge in [0, 0.05) is 6.54 Å². The Hall–Kier alpha value is -2.09. The summed E-state index contributed by atoms with van der Waals surface area (Å²) in [4.78, 5) is 11.7. The summed E-state index contributed by atoms with van der Waals surface area (Å²) in [5.74, 6) is 0.0729. The van der Waals surface area contributed by atoms with Crippen LogP contribution in [-0.4, -0.2) is 12.5 Å². The van der Waals surface area contributed by atoms with Crippen LogP contribution in [0.4, 0.5) is 0 Å². The van der Waals surface area contributed by atoms with Crippen LogP contribution >= 0.6 is 0 Å². The molecule has 0 heterocycles. The summed E-state index contributed by atoms with van der Waals surface area (Å²) in [7, 11) is 0. The molecule has 0 spiro atoms. The number of amides is 1. The SMILES string of the molecule is O=C(Cc1ccccc1)NCCc1cc[c]cc1. The predicted molar refractivity (Wildman–Crippen MR) is 72.1 cm³/mol. The number of carbonyl (C=O) groups excluding carboxylic acids is 1. The quantitative estimate of drug-likeness (QED) is 0.851. The van der Waals surface area contributed by atoms with Crippen LogP contribution in [0, 0.1) is 6.07 Å². The number of nitrogens with one attached hydrogen (secondary N) is 1. The van der Waals surface area contributed by atoms with Crippen LogP contribution in [0.1, 0.15) is 11.1 Å². The van der Waals surface area contributed by atoms with Gasteiger partial charge in [0.05, 0.1) is 6.42 Å². The van der Waals surface area contributed by atoms with Gasteiger partial charge >= 0.3 is 0 Å². The molecule has 0 aliphatic heterocycles. The Balaban J connectivity index is 1.73. The van der Waals surface area contributed by atoms with E-state index in [1.165, 1.54) is 5.56 Å². The van der Waals surface area contributed by atoms with Gasteiger partial charge in [0.15, 0.2) is 0 Å². The van der Waals surface area contributed by atoms with Gasteiger partial charge < -0.3 is 5.32 Å². The van der Waals surface area contributed by atoms with Gasteiger partial charge in [-0.05, 0) is 23.6 Å². The minimum absolute atomic E-state index is 0.0729. The Morgan fingerprint density at radius 1 is 1.00 bits per heavy atom. The van der Waals surface area contributed by atoms with E-state index < -0.39 is 0 Å². The lowest BCUT2D eigenvalue weighted by molar-refractivity contribution is -0.120. The van der Waals surface area contributed by atoms with Gasteiger partial charge in [0.25, 0.3) is 0 Å². The number of benzene rings is 2. The second kappa shape index (κ2) is 6.60. The van der Waals surface area contributed by atoms with Gasteiger partial charge in [-0.3, -0.25) is 4.79 Å².